The van der Waals surface area contributed by atoms with Crippen molar-refractivity contribution >= 4 is 0 Å². The fraction of sp³-hybridized carbons (Fsp3) is 0.647. The number of benzene rings is 1. The lowest BCUT2D eigenvalue weighted by Gasteiger charge is -2.44. The number of hydrogen-bond donors (Lipinski definition) is 1. The number of nitrogens with zero attached hydrogens (tertiary/aromatic N) is 2. The second-order valence-electron chi connectivity index (χ2n) is 6.14. The molecular weight excluding hydrogens is 248 g/mol. The molecule has 2 heterocycles. The Kier molecular flexibility index (Phi) is 4.71. The van der Waals surface area contributed by atoms with Crippen LogP contribution in [-0.4, -0.2) is 46.9 Å². The first kappa shape index (κ1) is 14.1. The Morgan fingerprint density at radius 2 is 1.60 bits per heavy atom. The maximum absolute atomic E-state index is 9.57. The van der Waals surface area contributed by atoms with Crippen molar-refractivity contribution in [2.45, 2.75) is 50.6 Å². The molecule has 3 heteroatoms. The molecule has 0 spiro atoms. The number of aliphatic hydroxyl groups excluding tert-OH is 1. The van der Waals surface area contributed by atoms with Crippen LogP contribution >= 0.6 is 0 Å². The molecule has 0 aromatic heterocycles. The first-order valence-electron chi connectivity index (χ1n) is 8.06. The van der Waals surface area contributed by atoms with E-state index < -0.39 is 0 Å². The van der Waals surface area contributed by atoms with Gasteiger partial charge < -0.3 is 5.11 Å². The minimum absolute atomic E-state index is 0.300. The number of piperidine rings is 1. The molecule has 1 N–H and O–H groups in total. The monoisotopic (exact) mass is 274 g/mol. The average Bonchev–Trinajstić information content (AvgIpc) is 2.97. The van der Waals surface area contributed by atoms with Gasteiger partial charge in [0.25, 0.3) is 0 Å². The summed E-state index contributed by atoms with van der Waals surface area (Å²) in [6.45, 7) is 2.58. The number of rotatable bonds is 4. The van der Waals surface area contributed by atoms with E-state index in [1.807, 2.05) is 0 Å². The molecule has 0 unspecified atom stereocenters. The van der Waals surface area contributed by atoms with E-state index in [9.17, 15) is 5.11 Å². The third-order valence-corrected chi connectivity index (χ3v) is 4.80. The molecule has 20 heavy (non-hydrogen) atoms. The van der Waals surface area contributed by atoms with Gasteiger partial charge in [-0.2, -0.15) is 0 Å². The van der Waals surface area contributed by atoms with E-state index in [-0.39, 0.29) is 0 Å². The molecule has 0 saturated carbocycles. The second kappa shape index (κ2) is 6.70. The Labute approximate surface area is 122 Å². The third-order valence-electron chi connectivity index (χ3n) is 4.80. The minimum atomic E-state index is 0.300. The lowest BCUT2D eigenvalue weighted by Crippen LogP contribution is -2.54. The zero-order valence-electron chi connectivity index (χ0n) is 12.2. The summed E-state index contributed by atoms with van der Waals surface area (Å²) in [5.41, 5.74) is 1.43. The smallest absolute Gasteiger partial charge is 0.0600 e. The van der Waals surface area contributed by atoms with E-state index in [4.69, 9.17) is 0 Å². The van der Waals surface area contributed by atoms with Crippen LogP contribution in [-0.2, 0) is 6.42 Å². The van der Waals surface area contributed by atoms with Crippen LogP contribution in [0.25, 0.3) is 0 Å². The second-order valence-corrected chi connectivity index (χ2v) is 6.14. The highest BCUT2D eigenvalue weighted by Crippen LogP contribution is 2.27. The molecule has 1 aromatic carbocycles. The molecular formula is C17H26N2O. The maximum Gasteiger partial charge on any atom is 0.0600 e. The van der Waals surface area contributed by atoms with Crippen LogP contribution < -0.4 is 0 Å². The molecule has 3 rings (SSSR count). The van der Waals surface area contributed by atoms with E-state index >= 15 is 0 Å². The molecule has 110 valence electrons. The van der Waals surface area contributed by atoms with Crippen molar-refractivity contribution in [1.82, 2.24) is 10.0 Å². The zero-order chi connectivity index (χ0) is 13.8. The Balaban J connectivity index is 1.70. The number of hydrazine groups is 1. The molecule has 2 saturated heterocycles. The molecule has 1 aromatic rings. The van der Waals surface area contributed by atoms with E-state index in [1.54, 1.807) is 0 Å². The van der Waals surface area contributed by atoms with Crippen molar-refractivity contribution in [3.63, 3.8) is 0 Å². The van der Waals surface area contributed by atoms with Gasteiger partial charge in [0.15, 0.2) is 0 Å². The molecule has 0 amide bonds. The van der Waals surface area contributed by atoms with Crippen LogP contribution in [0.2, 0.25) is 0 Å². The van der Waals surface area contributed by atoms with Gasteiger partial charge in [-0.15, -0.1) is 0 Å². The summed E-state index contributed by atoms with van der Waals surface area (Å²) in [6, 6.07) is 11.8. The van der Waals surface area contributed by atoms with E-state index in [1.165, 1.54) is 31.2 Å². The number of aliphatic hydroxyl groups is 1. The molecule has 2 fully saturated rings. The number of hydrogen-bond acceptors (Lipinski definition) is 3. The van der Waals surface area contributed by atoms with Crippen LogP contribution in [0.5, 0.6) is 0 Å². The summed E-state index contributed by atoms with van der Waals surface area (Å²) in [4.78, 5) is 0. The van der Waals surface area contributed by atoms with E-state index in [0.717, 1.165) is 25.9 Å². The topological polar surface area (TPSA) is 26.7 Å². The van der Waals surface area contributed by atoms with Crippen molar-refractivity contribution < 1.29 is 5.11 Å². The molecule has 0 radical (unpaired) electrons. The SMILES string of the molecule is OC[C@@H]1CCCN1N1CCCC[C@@H]1Cc1ccccc1. The van der Waals surface area contributed by atoms with Gasteiger partial charge >= 0.3 is 0 Å². The summed E-state index contributed by atoms with van der Waals surface area (Å²) in [7, 11) is 0. The van der Waals surface area contributed by atoms with Crippen molar-refractivity contribution in [2.24, 2.45) is 0 Å². The average molecular weight is 274 g/mol. The van der Waals surface area contributed by atoms with Crippen LogP contribution in [0.4, 0.5) is 0 Å². The largest absolute Gasteiger partial charge is 0.395 e. The van der Waals surface area contributed by atoms with Crippen LogP contribution in [0.1, 0.15) is 37.7 Å². The minimum Gasteiger partial charge on any atom is -0.395 e. The standard InChI is InChI=1S/C17H26N2O/c20-14-17-10-6-12-19(17)18-11-5-4-9-16(18)13-15-7-2-1-3-8-15/h1-3,7-8,16-17,20H,4-6,9-14H2/t16-,17+/m1/s1. The van der Waals surface area contributed by atoms with Crippen molar-refractivity contribution in [1.29, 1.82) is 0 Å². The lowest BCUT2D eigenvalue weighted by atomic mass is 9.97. The molecule has 0 aliphatic carbocycles. The lowest BCUT2D eigenvalue weighted by molar-refractivity contribution is -0.0962. The third kappa shape index (κ3) is 3.05. The van der Waals surface area contributed by atoms with Crippen LogP contribution in [0, 0.1) is 0 Å². The first-order valence-corrected chi connectivity index (χ1v) is 8.06. The first-order chi connectivity index (χ1) is 9.88. The van der Waals surface area contributed by atoms with Gasteiger partial charge in [0.05, 0.1) is 6.61 Å². The summed E-state index contributed by atoms with van der Waals surface area (Å²) in [5, 5.41) is 14.6. The highest BCUT2D eigenvalue weighted by Gasteiger charge is 2.34. The molecule has 0 bridgehead atoms. The Morgan fingerprint density at radius 1 is 0.900 bits per heavy atom. The highest BCUT2D eigenvalue weighted by atomic mass is 16.3. The normalized spacial score (nSPS) is 28.9. The Hall–Kier alpha value is -0.900. The van der Waals surface area contributed by atoms with Crippen molar-refractivity contribution in [3.05, 3.63) is 35.9 Å². The van der Waals surface area contributed by atoms with Crippen molar-refractivity contribution in [2.75, 3.05) is 19.7 Å². The van der Waals surface area contributed by atoms with Gasteiger partial charge in [0.2, 0.25) is 0 Å². The van der Waals surface area contributed by atoms with Gasteiger partial charge in [0.1, 0.15) is 0 Å². The fourth-order valence-corrected chi connectivity index (χ4v) is 3.76. The van der Waals surface area contributed by atoms with E-state index in [0.29, 0.717) is 18.7 Å². The molecule has 2 atom stereocenters. The summed E-state index contributed by atoms with van der Waals surface area (Å²) in [5.74, 6) is 0. The Bertz CT molecular complexity index is 409. The van der Waals surface area contributed by atoms with E-state index in [2.05, 4.69) is 40.3 Å². The van der Waals surface area contributed by atoms with Gasteiger partial charge in [-0.1, -0.05) is 36.8 Å². The fourth-order valence-electron chi connectivity index (χ4n) is 3.76. The van der Waals surface area contributed by atoms with Gasteiger partial charge in [0, 0.05) is 25.2 Å². The maximum atomic E-state index is 9.57. The predicted octanol–water partition coefficient (Wildman–Crippen LogP) is 2.46. The van der Waals surface area contributed by atoms with Gasteiger partial charge in [-0.3, -0.25) is 0 Å². The Morgan fingerprint density at radius 3 is 2.40 bits per heavy atom. The van der Waals surface area contributed by atoms with Gasteiger partial charge in [-0.25, -0.2) is 10.0 Å². The van der Waals surface area contributed by atoms with Gasteiger partial charge in [-0.05, 0) is 37.7 Å². The summed E-state index contributed by atoms with van der Waals surface area (Å²) in [6.07, 6.45) is 7.41. The summed E-state index contributed by atoms with van der Waals surface area (Å²) < 4.78 is 0. The quantitative estimate of drug-likeness (QED) is 0.913. The van der Waals surface area contributed by atoms with Crippen LogP contribution in [0.3, 0.4) is 0 Å². The van der Waals surface area contributed by atoms with Crippen molar-refractivity contribution in [3.8, 4) is 0 Å². The molecule has 2 aliphatic rings. The molecule has 3 nitrogen and oxygen atoms in total. The summed E-state index contributed by atoms with van der Waals surface area (Å²) >= 11 is 0. The zero-order valence-corrected chi connectivity index (χ0v) is 12.2. The highest BCUT2D eigenvalue weighted by molar-refractivity contribution is 5.16. The molecule has 2 aliphatic heterocycles. The van der Waals surface area contributed by atoms with Crippen LogP contribution in [0.15, 0.2) is 30.3 Å². The predicted molar refractivity (Wildman–Crippen MR) is 81.3 cm³/mol.